The first-order valence-corrected chi connectivity index (χ1v) is 7.67. The Labute approximate surface area is 117 Å². The van der Waals surface area contributed by atoms with Gasteiger partial charge in [0, 0.05) is 6.04 Å². The van der Waals surface area contributed by atoms with E-state index in [-0.39, 0.29) is 12.0 Å². The summed E-state index contributed by atoms with van der Waals surface area (Å²) in [5.74, 6) is -0.764. The Morgan fingerprint density at radius 3 is 2.42 bits per heavy atom. The molecule has 1 saturated carbocycles. The molecule has 1 N–H and O–H groups in total. The SMILES string of the molecule is CCN(CCCN(C)C)C1CCCCCC1C(=O)O. The van der Waals surface area contributed by atoms with Gasteiger partial charge in [-0.25, -0.2) is 0 Å². The first-order chi connectivity index (χ1) is 9.06. The van der Waals surface area contributed by atoms with E-state index in [1.807, 2.05) is 0 Å². The van der Waals surface area contributed by atoms with E-state index < -0.39 is 5.97 Å². The molecule has 19 heavy (non-hydrogen) atoms. The topological polar surface area (TPSA) is 43.8 Å². The van der Waals surface area contributed by atoms with Crippen LogP contribution in [0.5, 0.6) is 0 Å². The minimum Gasteiger partial charge on any atom is -0.481 e. The molecule has 1 rings (SSSR count). The van der Waals surface area contributed by atoms with Gasteiger partial charge in [-0.3, -0.25) is 9.69 Å². The van der Waals surface area contributed by atoms with Crippen molar-refractivity contribution in [1.82, 2.24) is 9.80 Å². The molecule has 0 aromatic heterocycles. The smallest absolute Gasteiger partial charge is 0.308 e. The summed E-state index contributed by atoms with van der Waals surface area (Å²) < 4.78 is 0. The van der Waals surface area contributed by atoms with E-state index >= 15 is 0 Å². The summed E-state index contributed by atoms with van der Waals surface area (Å²) in [5.41, 5.74) is 0. The Morgan fingerprint density at radius 2 is 1.84 bits per heavy atom. The molecule has 0 radical (unpaired) electrons. The molecule has 0 spiro atoms. The van der Waals surface area contributed by atoms with Crippen LogP contribution in [0.4, 0.5) is 0 Å². The maximum absolute atomic E-state index is 11.5. The number of nitrogens with zero attached hydrogens (tertiary/aromatic N) is 2. The van der Waals surface area contributed by atoms with Crippen molar-refractivity contribution in [2.24, 2.45) is 5.92 Å². The molecule has 0 aromatic rings. The monoisotopic (exact) mass is 270 g/mol. The van der Waals surface area contributed by atoms with Crippen molar-refractivity contribution in [2.45, 2.75) is 51.5 Å². The number of hydrogen-bond donors (Lipinski definition) is 1. The van der Waals surface area contributed by atoms with E-state index in [0.717, 1.165) is 45.3 Å². The van der Waals surface area contributed by atoms with Crippen LogP contribution in [0, 0.1) is 5.92 Å². The molecular formula is C15H30N2O2. The fraction of sp³-hybridized carbons (Fsp3) is 0.933. The van der Waals surface area contributed by atoms with Gasteiger partial charge in [0.25, 0.3) is 0 Å². The van der Waals surface area contributed by atoms with Crippen LogP contribution in [-0.2, 0) is 4.79 Å². The number of aliphatic carboxylic acids is 1. The molecule has 112 valence electrons. The Bertz CT molecular complexity index is 269. The summed E-state index contributed by atoms with van der Waals surface area (Å²) in [4.78, 5) is 16.1. The highest BCUT2D eigenvalue weighted by Crippen LogP contribution is 2.27. The average molecular weight is 270 g/mol. The molecule has 1 aliphatic rings. The quantitative estimate of drug-likeness (QED) is 0.721. The van der Waals surface area contributed by atoms with Crippen molar-refractivity contribution in [2.75, 3.05) is 33.7 Å². The molecule has 1 fully saturated rings. The van der Waals surface area contributed by atoms with Crippen molar-refractivity contribution < 1.29 is 9.90 Å². The minimum atomic E-state index is -0.599. The highest BCUT2D eigenvalue weighted by Gasteiger charge is 2.32. The Kier molecular flexibility index (Phi) is 7.39. The molecule has 4 heteroatoms. The van der Waals surface area contributed by atoms with Crippen molar-refractivity contribution >= 4 is 5.97 Å². The fourth-order valence-electron chi connectivity index (χ4n) is 3.16. The maximum atomic E-state index is 11.5. The summed E-state index contributed by atoms with van der Waals surface area (Å²) in [6, 6.07) is 0.243. The Hall–Kier alpha value is -0.610. The van der Waals surface area contributed by atoms with Crippen LogP contribution in [0.15, 0.2) is 0 Å². The maximum Gasteiger partial charge on any atom is 0.308 e. The van der Waals surface area contributed by atoms with E-state index in [0.29, 0.717) is 0 Å². The van der Waals surface area contributed by atoms with Gasteiger partial charge < -0.3 is 10.0 Å². The standard InChI is InChI=1S/C15H30N2O2/c1-4-17(12-8-11-16(2)3)14-10-7-5-6-9-13(14)15(18)19/h13-14H,4-12H2,1-3H3,(H,18,19). The van der Waals surface area contributed by atoms with Crippen LogP contribution in [-0.4, -0.2) is 60.6 Å². The van der Waals surface area contributed by atoms with Gasteiger partial charge in [-0.2, -0.15) is 0 Å². The van der Waals surface area contributed by atoms with Crippen LogP contribution >= 0.6 is 0 Å². The van der Waals surface area contributed by atoms with Crippen LogP contribution < -0.4 is 0 Å². The fourth-order valence-corrected chi connectivity index (χ4v) is 3.16. The number of carbonyl (C=O) groups is 1. The molecule has 0 saturated heterocycles. The number of rotatable bonds is 7. The van der Waals surface area contributed by atoms with Crippen molar-refractivity contribution in [1.29, 1.82) is 0 Å². The van der Waals surface area contributed by atoms with Gasteiger partial charge in [-0.1, -0.05) is 26.2 Å². The van der Waals surface area contributed by atoms with Gasteiger partial charge in [-0.05, 0) is 53.0 Å². The molecule has 2 unspecified atom stereocenters. The summed E-state index contributed by atoms with van der Waals surface area (Å²) in [5, 5.41) is 9.46. The molecule has 4 nitrogen and oxygen atoms in total. The zero-order valence-corrected chi connectivity index (χ0v) is 12.8. The lowest BCUT2D eigenvalue weighted by molar-refractivity contribution is -0.144. The van der Waals surface area contributed by atoms with Gasteiger partial charge in [0.05, 0.1) is 5.92 Å². The van der Waals surface area contributed by atoms with Crippen LogP contribution in [0.3, 0.4) is 0 Å². The molecular weight excluding hydrogens is 240 g/mol. The Morgan fingerprint density at radius 1 is 1.16 bits per heavy atom. The van der Waals surface area contributed by atoms with Crippen molar-refractivity contribution in [3.05, 3.63) is 0 Å². The predicted molar refractivity (Wildman–Crippen MR) is 78.4 cm³/mol. The lowest BCUT2D eigenvalue weighted by Gasteiger charge is -2.34. The van der Waals surface area contributed by atoms with Crippen LogP contribution in [0.2, 0.25) is 0 Å². The van der Waals surface area contributed by atoms with Crippen LogP contribution in [0.25, 0.3) is 0 Å². The summed E-state index contributed by atoms with van der Waals surface area (Å²) in [6.07, 6.45) is 6.46. The second-order valence-electron chi connectivity index (χ2n) is 5.94. The zero-order valence-electron chi connectivity index (χ0n) is 12.8. The van der Waals surface area contributed by atoms with E-state index in [1.165, 1.54) is 12.8 Å². The molecule has 0 aromatic carbocycles. The molecule has 0 amide bonds. The number of hydrogen-bond acceptors (Lipinski definition) is 3. The van der Waals surface area contributed by atoms with Gasteiger partial charge in [0.2, 0.25) is 0 Å². The van der Waals surface area contributed by atoms with E-state index in [2.05, 4.69) is 30.8 Å². The lowest BCUT2D eigenvalue weighted by Crippen LogP contribution is -2.44. The Balaban J connectivity index is 2.60. The first-order valence-electron chi connectivity index (χ1n) is 7.67. The summed E-state index contributed by atoms with van der Waals surface area (Å²) >= 11 is 0. The van der Waals surface area contributed by atoms with Gasteiger partial charge in [0.1, 0.15) is 0 Å². The summed E-state index contributed by atoms with van der Waals surface area (Å²) in [6.45, 7) is 5.20. The third-order valence-electron chi connectivity index (χ3n) is 4.22. The van der Waals surface area contributed by atoms with Crippen molar-refractivity contribution in [3.8, 4) is 0 Å². The number of carboxylic acids is 1. The highest BCUT2D eigenvalue weighted by molar-refractivity contribution is 5.70. The third kappa shape index (κ3) is 5.49. The first kappa shape index (κ1) is 16.4. The molecule has 1 aliphatic carbocycles. The van der Waals surface area contributed by atoms with Gasteiger partial charge in [-0.15, -0.1) is 0 Å². The molecule has 0 heterocycles. The number of carboxylic acid groups (broad SMARTS) is 1. The third-order valence-corrected chi connectivity index (χ3v) is 4.22. The van der Waals surface area contributed by atoms with E-state index in [9.17, 15) is 9.90 Å². The average Bonchev–Trinajstić information content (AvgIpc) is 2.59. The van der Waals surface area contributed by atoms with Crippen LogP contribution in [0.1, 0.15) is 45.4 Å². The van der Waals surface area contributed by atoms with Gasteiger partial charge >= 0.3 is 5.97 Å². The second-order valence-corrected chi connectivity index (χ2v) is 5.94. The largest absolute Gasteiger partial charge is 0.481 e. The highest BCUT2D eigenvalue weighted by atomic mass is 16.4. The molecule has 0 bridgehead atoms. The summed E-state index contributed by atoms with van der Waals surface area (Å²) in [7, 11) is 4.17. The van der Waals surface area contributed by atoms with E-state index in [1.54, 1.807) is 0 Å². The molecule has 2 atom stereocenters. The predicted octanol–water partition coefficient (Wildman–Crippen LogP) is 2.29. The zero-order chi connectivity index (χ0) is 14.3. The molecule has 0 aliphatic heterocycles. The van der Waals surface area contributed by atoms with Gasteiger partial charge in [0.15, 0.2) is 0 Å². The lowest BCUT2D eigenvalue weighted by atomic mass is 9.93. The minimum absolute atomic E-state index is 0.165. The second kappa shape index (κ2) is 8.54. The van der Waals surface area contributed by atoms with Crippen molar-refractivity contribution in [3.63, 3.8) is 0 Å². The normalized spacial score (nSPS) is 24.7. The van der Waals surface area contributed by atoms with E-state index in [4.69, 9.17) is 0 Å².